The smallest absolute Gasteiger partial charge is 0.469 e. The number of hydrogen-bond acceptors (Lipinski definition) is 9. The van der Waals surface area contributed by atoms with Crippen molar-refractivity contribution in [2.75, 3.05) is 39.0 Å². The van der Waals surface area contributed by atoms with E-state index in [0.717, 1.165) is 18.1 Å². The standard InChI is InChI=1S/C25H22N4O5.CH5O4P/c1-26-25-28-19-13-21(34-3)20(33-2)12-18(19)22(29-25)16-5-4-6-17(11-16)27-23(30)14-7-9-15(10-8-14)24(31)32;1-5-6(2,3)4/h4-13H,1-3H3,(H,27,30)(H,31,32)(H,26,28,29);1H3,(H2,2,3,4). The lowest BCUT2D eigenvalue weighted by Gasteiger charge is -2.13. The van der Waals surface area contributed by atoms with Crippen molar-refractivity contribution in [1.82, 2.24) is 9.97 Å². The molecule has 14 heteroatoms. The van der Waals surface area contributed by atoms with E-state index in [1.165, 1.54) is 24.3 Å². The van der Waals surface area contributed by atoms with Gasteiger partial charge >= 0.3 is 13.8 Å². The number of carbonyl (C=O) groups is 2. The fraction of sp³-hybridized carbons (Fsp3) is 0.154. The van der Waals surface area contributed by atoms with Crippen LogP contribution in [0.5, 0.6) is 11.5 Å². The molecule has 0 fully saturated rings. The van der Waals surface area contributed by atoms with E-state index in [4.69, 9.17) is 24.4 Å². The molecule has 0 atom stereocenters. The van der Waals surface area contributed by atoms with Crippen LogP contribution >= 0.6 is 7.82 Å². The molecule has 1 amide bonds. The minimum atomic E-state index is -4.15. The van der Waals surface area contributed by atoms with Crippen molar-refractivity contribution in [1.29, 1.82) is 0 Å². The van der Waals surface area contributed by atoms with E-state index >= 15 is 0 Å². The van der Waals surface area contributed by atoms with Gasteiger partial charge in [0.15, 0.2) is 11.5 Å². The summed E-state index contributed by atoms with van der Waals surface area (Å²) in [5.41, 5.74) is 3.09. The van der Waals surface area contributed by atoms with Crippen LogP contribution in [0.2, 0.25) is 0 Å². The number of benzene rings is 3. The highest BCUT2D eigenvalue weighted by Gasteiger charge is 2.15. The van der Waals surface area contributed by atoms with Crippen LogP contribution in [0.3, 0.4) is 0 Å². The van der Waals surface area contributed by atoms with Crippen LogP contribution in [0.25, 0.3) is 22.2 Å². The predicted octanol–water partition coefficient (Wildman–Crippen LogP) is 4.03. The molecular weight excluding hydrogens is 543 g/mol. The van der Waals surface area contributed by atoms with Crippen molar-refractivity contribution in [2.45, 2.75) is 0 Å². The van der Waals surface area contributed by atoms with Gasteiger partial charge in [-0.25, -0.2) is 19.3 Å². The molecule has 0 spiro atoms. The van der Waals surface area contributed by atoms with Crippen molar-refractivity contribution in [3.8, 4) is 22.8 Å². The minimum absolute atomic E-state index is 0.113. The second-order valence-electron chi connectivity index (χ2n) is 7.96. The minimum Gasteiger partial charge on any atom is -0.493 e. The molecule has 0 bridgehead atoms. The summed E-state index contributed by atoms with van der Waals surface area (Å²) in [5.74, 6) is 0.126. The average Bonchev–Trinajstić information content (AvgIpc) is 2.95. The van der Waals surface area contributed by atoms with Gasteiger partial charge < -0.3 is 35.0 Å². The third-order valence-electron chi connectivity index (χ3n) is 5.45. The Balaban J connectivity index is 0.000000663. The van der Waals surface area contributed by atoms with Gasteiger partial charge in [-0.3, -0.25) is 9.32 Å². The van der Waals surface area contributed by atoms with Gasteiger partial charge in [-0.15, -0.1) is 0 Å². The molecule has 0 radical (unpaired) electrons. The number of phosphoric acid groups is 1. The Morgan fingerprint density at radius 1 is 0.875 bits per heavy atom. The highest BCUT2D eigenvalue weighted by molar-refractivity contribution is 7.46. The maximum Gasteiger partial charge on any atom is 0.469 e. The van der Waals surface area contributed by atoms with Crippen LogP contribution in [0, 0.1) is 0 Å². The number of aromatic nitrogens is 2. The molecule has 0 saturated carbocycles. The lowest BCUT2D eigenvalue weighted by molar-refractivity contribution is 0.0696. The second kappa shape index (κ2) is 13.0. The summed E-state index contributed by atoms with van der Waals surface area (Å²) in [6, 6.07) is 16.6. The summed E-state index contributed by atoms with van der Waals surface area (Å²) < 4.78 is 23.9. The number of phosphoric ester groups is 1. The quantitative estimate of drug-likeness (QED) is 0.192. The zero-order chi connectivity index (χ0) is 29.4. The van der Waals surface area contributed by atoms with Gasteiger partial charge in [0.2, 0.25) is 5.95 Å². The van der Waals surface area contributed by atoms with Gasteiger partial charge in [-0.1, -0.05) is 12.1 Å². The van der Waals surface area contributed by atoms with Crippen molar-refractivity contribution in [3.63, 3.8) is 0 Å². The molecule has 0 aliphatic rings. The Morgan fingerprint density at radius 3 is 2.02 bits per heavy atom. The topological polar surface area (TPSA) is 189 Å². The Labute approximate surface area is 229 Å². The van der Waals surface area contributed by atoms with E-state index in [9.17, 15) is 14.2 Å². The highest BCUT2D eigenvalue weighted by Crippen LogP contribution is 2.37. The number of carboxylic acids is 1. The first kappa shape index (κ1) is 30.0. The summed E-state index contributed by atoms with van der Waals surface area (Å²) in [5, 5.41) is 15.6. The van der Waals surface area contributed by atoms with Crippen molar-refractivity contribution in [2.24, 2.45) is 0 Å². The Morgan fingerprint density at radius 2 is 1.48 bits per heavy atom. The Hall–Kier alpha value is -4.55. The number of ether oxygens (including phenoxy) is 2. The first-order chi connectivity index (χ1) is 19.0. The van der Waals surface area contributed by atoms with E-state index in [1.54, 1.807) is 39.5 Å². The van der Waals surface area contributed by atoms with Crippen LogP contribution in [-0.4, -0.2) is 65.1 Å². The van der Waals surface area contributed by atoms with E-state index in [1.807, 2.05) is 18.2 Å². The number of rotatable bonds is 8. The maximum atomic E-state index is 12.7. The summed E-state index contributed by atoms with van der Waals surface area (Å²) in [4.78, 5) is 48.3. The fourth-order valence-electron chi connectivity index (χ4n) is 3.50. The summed E-state index contributed by atoms with van der Waals surface area (Å²) in [6.07, 6.45) is 0. The third-order valence-corrected chi connectivity index (χ3v) is 5.93. The monoisotopic (exact) mass is 570 g/mol. The number of aromatic carboxylic acids is 1. The zero-order valence-corrected chi connectivity index (χ0v) is 22.8. The molecular formula is C26H27N4O9P. The molecule has 1 heterocycles. The summed E-state index contributed by atoms with van der Waals surface area (Å²) in [6.45, 7) is 0. The molecule has 0 unspecified atom stereocenters. The van der Waals surface area contributed by atoms with Crippen LogP contribution in [0.1, 0.15) is 20.7 Å². The third kappa shape index (κ3) is 7.52. The van der Waals surface area contributed by atoms with Crippen LogP contribution in [0.4, 0.5) is 11.6 Å². The molecule has 0 aliphatic carbocycles. The first-order valence-corrected chi connectivity index (χ1v) is 13.0. The number of anilines is 2. The molecule has 13 nitrogen and oxygen atoms in total. The van der Waals surface area contributed by atoms with E-state index in [0.29, 0.717) is 39.9 Å². The molecule has 0 saturated heterocycles. The molecule has 0 aliphatic heterocycles. The Bertz CT molecular complexity index is 1570. The van der Waals surface area contributed by atoms with Crippen molar-refractivity contribution >= 4 is 42.2 Å². The number of amides is 1. The van der Waals surface area contributed by atoms with Crippen LogP contribution in [0.15, 0.2) is 60.7 Å². The van der Waals surface area contributed by atoms with Crippen molar-refractivity contribution < 1.29 is 43.0 Å². The molecule has 4 rings (SSSR count). The molecule has 40 heavy (non-hydrogen) atoms. The molecule has 5 N–H and O–H groups in total. The van der Waals surface area contributed by atoms with Gasteiger partial charge in [0, 0.05) is 42.4 Å². The number of nitrogens with zero attached hydrogens (tertiary/aromatic N) is 2. The first-order valence-electron chi connectivity index (χ1n) is 11.5. The summed E-state index contributed by atoms with van der Waals surface area (Å²) >= 11 is 0. The number of methoxy groups -OCH3 is 2. The number of fused-ring (bicyclic) bond motifs is 1. The van der Waals surface area contributed by atoms with Gasteiger partial charge in [0.1, 0.15) is 0 Å². The molecule has 1 aromatic heterocycles. The van der Waals surface area contributed by atoms with E-state index < -0.39 is 13.8 Å². The number of nitrogens with one attached hydrogen (secondary N) is 2. The van der Waals surface area contributed by atoms with Crippen molar-refractivity contribution in [3.05, 3.63) is 71.8 Å². The summed E-state index contributed by atoms with van der Waals surface area (Å²) in [7, 11) is 1.66. The van der Waals surface area contributed by atoms with E-state index in [-0.39, 0.29) is 11.5 Å². The molecule has 3 aromatic carbocycles. The van der Waals surface area contributed by atoms with Gasteiger partial charge in [-0.05, 0) is 42.5 Å². The number of hydrogen-bond donors (Lipinski definition) is 5. The van der Waals surface area contributed by atoms with Crippen LogP contribution < -0.4 is 20.1 Å². The van der Waals surface area contributed by atoms with Gasteiger partial charge in [-0.2, -0.15) is 0 Å². The SMILES string of the molecule is CNc1nc(-c2cccc(NC(=O)c3ccc(C(=O)O)cc3)c2)c2cc(OC)c(OC)cc2n1.COP(=O)(O)O. The predicted molar refractivity (Wildman–Crippen MR) is 148 cm³/mol. The lowest BCUT2D eigenvalue weighted by atomic mass is 10.0. The maximum absolute atomic E-state index is 12.7. The van der Waals surface area contributed by atoms with Gasteiger partial charge in [0.05, 0.1) is 31.0 Å². The molecule has 4 aromatic rings. The van der Waals surface area contributed by atoms with Gasteiger partial charge in [0.25, 0.3) is 5.91 Å². The number of carboxylic acid groups (broad SMARTS) is 1. The molecule has 210 valence electrons. The number of carbonyl (C=O) groups excluding carboxylic acids is 1. The lowest BCUT2D eigenvalue weighted by Crippen LogP contribution is -2.12. The Kier molecular flexibility index (Phi) is 9.75. The fourth-order valence-corrected chi connectivity index (χ4v) is 3.50. The normalized spacial score (nSPS) is 10.8. The largest absolute Gasteiger partial charge is 0.493 e. The van der Waals surface area contributed by atoms with E-state index in [2.05, 4.69) is 25.1 Å². The van der Waals surface area contributed by atoms with Crippen LogP contribution in [-0.2, 0) is 9.09 Å². The zero-order valence-electron chi connectivity index (χ0n) is 21.9. The second-order valence-corrected chi connectivity index (χ2v) is 9.31. The highest BCUT2D eigenvalue weighted by atomic mass is 31.2. The average molecular weight is 570 g/mol.